The molecule has 2 rings (SSSR count). The van der Waals surface area contributed by atoms with E-state index in [0.29, 0.717) is 25.6 Å². The van der Waals surface area contributed by atoms with E-state index in [4.69, 9.17) is 4.74 Å². The first-order valence-corrected chi connectivity index (χ1v) is 7.63. The number of likely N-dealkylation sites (tertiary alicyclic amines) is 1. The molecule has 114 valence electrons. The van der Waals surface area contributed by atoms with Crippen LogP contribution in [0.1, 0.15) is 32.6 Å². The lowest BCUT2D eigenvalue weighted by Gasteiger charge is -2.32. The van der Waals surface area contributed by atoms with Gasteiger partial charge >= 0.3 is 6.09 Å². The third-order valence-electron chi connectivity index (χ3n) is 3.99. The van der Waals surface area contributed by atoms with Gasteiger partial charge < -0.3 is 20.3 Å². The Hall–Kier alpha value is -1.30. The van der Waals surface area contributed by atoms with E-state index in [9.17, 15) is 9.59 Å². The molecule has 2 amide bonds. The van der Waals surface area contributed by atoms with Gasteiger partial charge in [-0.1, -0.05) is 0 Å². The predicted molar refractivity (Wildman–Crippen MR) is 75.4 cm³/mol. The summed E-state index contributed by atoms with van der Waals surface area (Å²) in [7, 11) is 0. The number of carbonyl (C=O) groups is 2. The van der Waals surface area contributed by atoms with E-state index in [1.54, 1.807) is 4.90 Å². The molecule has 0 spiro atoms. The van der Waals surface area contributed by atoms with E-state index in [1.165, 1.54) is 0 Å². The zero-order valence-electron chi connectivity index (χ0n) is 12.2. The van der Waals surface area contributed by atoms with Gasteiger partial charge in [0.1, 0.15) is 0 Å². The molecule has 0 aromatic rings. The van der Waals surface area contributed by atoms with Crippen molar-refractivity contribution in [2.24, 2.45) is 5.92 Å². The number of nitrogens with zero attached hydrogens (tertiary/aromatic N) is 1. The van der Waals surface area contributed by atoms with Crippen molar-refractivity contribution in [2.75, 3.05) is 32.8 Å². The van der Waals surface area contributed by atoms with E-state index < -0.39 is 0 Å². The fourth-order valence-corrected chi connectivity index (χ4v) is 2.89. The summed E-state index contributed by atoms with van der Waals surface area (Å²) in [5.74, 6) is 0.425. The number of rotatable bonds is 4. The minimum Gasteiger partial charge on any atom is -0.450 e. The van der Waals surface area contributed by atoms with Gasteiger partial charge in [-0.3, -0.25) is 4.79 Å². The van der Waals surface area contributed by atoms with E-state index in [-0.39, 0.29) is 18.0 Å². The van der Waals surface area contributed by atoms with Crippen molar-refractivity contribution >= 4 is 12.0 Å². The van der Waals surface area contributed by atoms with Gasteiger partial charge in [0.2, 0.25) is 5.91 Å². The van der Waals surface area contributed by atoms with Crippen molar-refractivity contribution in [3.05, 3.63) is 0 Å². The number of hydrogen-bond donors (Lipinski definition) is 2. The molecule has 2 aliphatic heterocycles. The summed E-state index contributed by atoms with van der Waals surface area (Å²) in [4.78, 5) is 25.4. The minimum absolute atomic E-state index is 0.0280. The van der Waals surface area contributed by atoms with Crippen LogP contribution in [0.5, 0.6) is 0 Å². The van der Waals surface area contributed by atoms with Gasteiger partial charge in [-0.05, 0) is 45.1 Å². The average Bonchev–Trinajstić information content (AvgIpc) is 2.99. The number of ether oxygens (including phenoxy) is 1. The minimum atomic E-state index is -0.235. The molecule has 0 aromatic heterocycles. The normalized spacial score (nSPS) is 26.4. The first-order valence-electron chi connectivity index (χ1n) is 7.63. The monoisotopic (exact) mass is 283 g/mol. The molecular formula is C14H25N3O3. The number of nitrogens with one attached hydrogen (secondary N) is 2. The Labute approximate surface area is 120 Å². The Morgan fingerprint density at radius 3 is 2.90 bits per heavy atom. The Kier molecular flexibility index (Phi) is 5.64. The molecule has 2 saturated heterocycles. The van der Waals surface area contributed by atoms with Gasteiger partial charge in [-0.2, -0.15) is 0 Å². The highest BCUT2D eigenvalue weighted by Crippen LogP contribution is 2.16. The molecule has 0 bridgehead atoms. The van der Waals surface area contributed by atoms with Crippen LogP contribution in [0.4, 0.5) is 4.79 Å². The second kappa shape index (κ2) is 7.47. The lowest BCUT2D eigenvalue weighted by molar-refractivity contribution is -0.123. The molecule has 2 aliphatic rings. The zero-order valence-corrected chi connectivity index (χ0v) is 12.2. The van der Waals surface area contributed by atoms with E-state index >= 15 is 0 Å². The summed E-state index contributed by atoms with van der Waals surface area (Å²) in [5, 5.41) is 6.20. The van der Waals surface area contributed by atoms with Gasteiger partial charge in [0.05, 0.1) is 12.6 Å². The van der Waals surface area contributed by atoms with Crippen LogP contribution in [0, 0.1) is 5.92 Å². The predicted octanol–water partition coefficient (Wildman–Crippen LogP) is 0.723. The van der Waals surface area contributed by atoms with Gasteiger partial charge in [-0.15, -0.1) is 0 Å². The standard InChI is InChI=1S/C14H25N3O3/c1-2-20-14(19)17-8-4-5-11(10-17)9-16-13(18)12-6-3-7-15-12/h11-12,15H,2-10H2,1H3,(H,16,18). The molecule has 0 saturated carbocycles. The van der Waals surface area contributed by atoms with E-state index in [0.717, 1.165) is 38.8 Å². The van der Waals surface area contributed by atoms with Crippen LogP contribution in [0.3, 0.4) is 0 Å². The van der Waals surface area contributed by atoms with Crippen molar-refractivity contribution in [1.82, 2.24) is 15.5 Å². The third-order valence-corrected chi connectivity index (χ3v) is 3.99. The first-order chi connectivity index (χ1) is 9.70. The maximum absolute atomic E-state index is 11.9. The van der Waals surface area contributed by atoms with Gasteiger partial charge in [0, 0.05) is 19.6 Å². The summed E-state index contributed by atoms with van der Waals surface area (Å²) in [6.07, 6.45) is 3.78. The lowest BCUT2D eigenvalue weighted by Crippen LogP contribution is -2.46. The smallest absolute Gasteiger partial charge is 0.409 e. The molecule has 2 atom stereocenters. The number of hydrogen-bond acceptors (Lipinski definition) is 4. The van der Waals surface area contributed by atoms with Crippen molar-refractivity contribution in [1.29, 1.82) is 0 Å². The summed E-state index contributed by atoms with van der Waals surface area (Å²) in [6, 6.07) is -0.0280. The van der Waals surface area contributed by atoms with E-state index in [1.807, 2.05) is 6.92 Å². The van der Waals surface area contributed by atoms with Crippen LogP contribution in [0.2, 0.25) is 0 Å². The summed E-state index contributed by atoms with van der Waals surface area (Å²) >= 11 is 0. The lowest BCUT2D eigenvalue weighted by atomic mass is 9.98. The fourth-order valence-electron chi connectivity index (χ4n) is 2.89. The molecule has 2 unspecified atom stereocenters. The van der Waals surface area contributed by atoms with E-state index in [2.05, 4.69) is 10.6 Å². The zero-order chi connectivity index (χ0) is 14.4. The Morgan fingerprint density at radius 2 is 2.20 bits per heavy atom. The van der Waals surface area contributed by atoms with Crippen LogP contribution in [-0.4, -0.2) is 55.7 Å². The van der Waals surface area contributed by atoms with Crippen LogP contribution in [0.15, 0.2) is 0 Å². The number of amides is 2. The van der Waals surface area contributed by atoms with Crippen LogP contribution in [0.25, 0.3) is 0 Å². The Balaban J connectivity index is 1.72. The molecule has 0 radical (unpaired) electrons. The Morgan fingerprint density at radius 1 is 1.35 bits per heavy atom. The summed E-state index contributed by atoms with van der Waals surface area (Å²) < 4.78 is 5.03. The SMILES string of the molecule is CCOC(=O)N1CCCC(CNC(=O)C2CCCN2)C1. The average molecular weight is 283 g/mol. The fraction of sp³-hybridized carbons (Fsp3) is 0.857. The molecule has 20 heavy (non-hydrogen) atoms. The largest absolute Gasteiger partial charge is 0.450 e. The highest BCUT2D eigenvalue weighted by molar-refractivity contribution is 5.82. The molecule has 2 fully saturated rings. The Bertz CT molecular complexity index is 343. The molecule has 0 aromatic carbocycles. The second-order valence-corrected chi connectivity index (χ2v) is 5.55. The maximum atomic E-state index is 11.9. The molecule has 6 heteroatoms. The van der Waals surface area contributed by atoms with Crippen LogP contribution < -0.4 is 10.6 Å². The van der Waals surface area contributed by atoms with Gasteiger partial charge in [-0.25, -0.2) is 4.79 Å². The molecule has 6 nitrogen and oxygen atoms in total. The highest BCUT2D eigenvalue weighted by atomic mass is 16.6. The summed E-state index contributed by atoms with van der Waals surface area (Å²) in [5.41, 5.74) is 0. The second-order valence-electron chi connectivity index (χ2n) is 5.55. The van der Waals surface area contributed by atoms with Crippen molar-refractivity contribution in [3.8, 4) is 0 Å². The van der Waals surface area contributed by atoms with Gasteiger partial charge in [0.25, 0.3) is 0 Å². The first kappa shape index (κ1) is 15.1. The molecule has 2 heterocycles. The topological polar surface area (TPSA) is 70.7 Å². The third kappa shape index (κ3) is 4.10. The molecule has 0 aliphatic carbocycles. The van der Waals surface area contributed by atoms with Crippen molar-refractivity contribution in [3.63, 3.8) is 0 Å². The number of carbonyl (C=O) groups excluding carboxylic acids is 2. The van der Waals surface area contributed by atoms with Gasteiger partial charge in [0.15, 0.2) is 0 Å². The van der Waals surface area contributed by atoms with Crippen LogP contribution >= 0.6 is 0 Å². The number of piperidine rings is 1. The molecule has 2 N–H and O–H groups in total. The highest BCUT2D eigenvalue weighted by Gasteiger charge is 2.26. The van der Waals surface area contributed by atoms with Crippen molar-refractivity contribution in [2.45, 2.75) is 38.6 Å². The van der Waals surface area contributed by atoms with Crippen molar-refractivity contribution < 1.29 is 14.3 Å². The molecular weight excluding hydrogens is 258 g/mol. The maximum Gasteiger partial charge on any atom is 0.409 e. The quantitative estimate of drug-likeness (QED) is 0.797. The van der Waals surface area contributed by atoms with Crippen LogP contribution in [-0.2, 0) is 9.53 Å². The summed E-state index contributed by atoms with van der Waals surface area (Å²) in [6.45, 7) is 5.23.